The molecular formula is C4H5N2S. The summed E-state index contributed by atoms with van der Waals surface area (Å²) in [4.78, 5) is 3.91. The van der Waals surface area contributed by atoms with E-state index in [0.717, 1.165) is 10.8 Å². The molecule has 0 spiro atoms. The van der Waals surface area contributed by atoms with Gasteiger partial charge in [0.2, 0.25) is 0 Å². The highest BCUT2D eigenvalue weighted by Gasteiger charge is 1.88. The number of nitrogens with zero attached hydrogens (tertiary/aromatic N) is 2. The second-order valence-corrected chi connectivity index (χ2v) is 2.07. The molecule has 1 rings (SSSR count). The molecule has 0 aliphatic rings. The van der Waals surface area contributed by atoms with Crippen LogP contribution in [0.5, 0.6) is 0 Å². The highest BCUT2D eigenvalue weighted by molar-refractivity contribution is 7.05. The lowest BCUT2D eigenvalue weighted by Crippen LogP contribution is -1.70. The van der Waals surface area contributed by atoms with Crippen LogP contribution in [0.4, 0.5) is 0 Å². The van der Waals surface area contributed by atoms with Gasteiger partial charge in [-0.2, -0.15) is 4.37 Å². The summed E-state index contributed by atoms with van der Waals surface area (Å²) in [6.07, 6.45) is 0. The summed E-state index contributed by atoms with van der Waals surface area (Å²) >= 11 is 1.33. The van der Waals surface area contributed by atoms with Crippen molar-refractivity contribution >= 4 is 11.5 Å². The Kier molecular flexibility index (Phi) is 1.06. The van der Waals surface area contributed by atoms with Crippen molar-refractivity contribution in [1.82, 2.24) is 9.36 Å². The van der Waals surface area contributed by atoms with Crippen LogP contribution in [0.2, 0.25) is 0 Å². The van der Waals surface area contributed by atoms with E-state index >= 15 is 0 Å². The summed E-state index contributed by atoms with van der Waals surface area (Å²) < 4.78 is 3.88. The molecule has 1 heterocycles. The van der Waals surface area contributed by atoms with E-state index in [0.29, 0.717) is 0 Å². The molecule has 0 unspecified atom stereocenters. The van der Waals surface area contributed by atoms with Crippen LogP contribution in [0.3, 0.4) is 0 Å². The number of rotatable bonds is 0. The van der Waals surface area contributed by atoms with Gasteiger partial charge < -0.3 is 0 Å². The van der Waals surface area contributed by atoms with E-state index < -0.39 is 0 Å². The lowest BCUT2D eigenvalue weighted by Gasteiger charge is -1.67. The van der Waals surface area contributed by atoms with Crippen LogP contribution in [-0.2, 0) is 0 Å². The van der Waals surface area contributed by atoms with E-state index in [-0.39, 0.29) is 0 Å². The standard InChI is InChI=1S/C4H5N2S/c1-3-5-4(2)7-6-3/h2H2,1H3. The lowest BCUT2D eigenvalue weighted by molar-refractivity contribution is 1.15. The molecule has 0 aromatic carbocycles. The average Bonchev–Trinajstić information content (AvgIpc) is 1.87. The van der Waals surface area contributed by atoms with E-state index in [9.17, 15) is 0 Å². The quantitative estimate of drug-likeness (QED) is 0.502. The Balaban J connectivity index is 3.04. The van der Waals surface area contributed by atoms with Crippen molar-refractivity contribution in [2.24, 2.45) is 0 Å². The second kappa shape index (κ2) is 1.58. The van der Waals surface area contributed by atoms with Crippen LogP contribution in [0, 0.1) is 13.8 Å². The van der Waals surface area contributed by atoms with Crippen molar-refractivity contribution in [3.05, 3.63) is 17.8 Å². The molecular weight excluding hydrogens is 108 g/mol. The van der Waals surface area contributed by atoms with Gasteiger partial charge in [-0.1, -0.05) is 0 Å². The first kappa shape index (κ1) is 4.71. The predicted octanol–water partition coefficient (Wildman–Crippen LogP) is 1.03. The molecule has 7 heavy (non-hydrogen) atoms. The van der Waals surface area contributed by atoms with Crippen LogP contribution >= 0.6 is 11.5 Å². The van der Waals surface area contributed by atoms with Gasteiger partial charge in [0.25, 0.3) is 0 Å². The first-order chi connectivity index (χ1) is 3.29. The summed E-state index contributed by atoms with van der Waals surface area (Å²) in [5, 5.41) is 0.789. The molecule has 0 atom stereocenters. The molecule has 0 N–H and O–H groups in total. The molecule has 0 aliphatic heterocycles. The van der Waals surface area contributed by atoms with Crippen LogP contribution in [0.25, 0.3) is 0 Å². The zero-order chi connectivity index (χ0) is 5.28. The maximum absolute atomic E-state index is 3.91. The molecule has 0 amide bonds. The van der Waals surface area contributed by atoms with Crippen molar-refractivity contribution in [3.63, 3.8) is 0 Å². The van der Waals surface area contributed by atoms with Gasteiger partial charge in [0, 0.05) is 6.92 Å². The Bertz CT molecular complexity index is 142. The normalized spacial score (nSPS) is 9.43. The van der Waals surface area contributed by atoms with Crippen molar-refractivity contribution in [2.45, 2.75) is 6.92 Å². The van der Waals surface area contributed by atoms with Crippen LogP contribution in [0.15, 0.2) is 0 Å². The fourth-order valence-electron chi connectivity index (χ4n) is 0.340. The summed E-state index contributed by atoms with van der Waals surface area (Å²) in [6, 6.07) is 0. The minimum absolute atomic E-state index is 0.789. The SMILES string of the molecule is [CH2]c1nc(C)ns1. The van der Waals surface area contributed by atoms with E-state index in [1.807, 2.05) is 6.92 Å². The number of hydrogen-bond acceptors (Lipinski definition) is 3. The van der Waals surface area contributed by atoms with E-state index in [1.54, 1.807) is 0 Å². The Hall–Kier alpha value is -0.440. The van der Waals surface area contributed by atoms with Crippen molar-refractivity contribution in [1.29, 1.82) is 0 Å². The van der Waals surface area contributed by atoms with Gasteiger partial charge in [-0.25, -0.2) is 4.98 Å². The van der Waals surface area contributed by atoms with Gasteiger partial charge in [-0.05, 0) is 18.5 Å². The van der Waals surface area contributed by atoms with Gasteiger partial charge in [-0.15, -0.1) is 0 Å². The van der Waals surface area contributed by atoms with Crippen molar-refractivity contribution in [3.8, 4) is 0 Å². The second-order valence-electron chi connectivity index (χ2n) is 1.24. The van der Waals surface area contributed by atoms with Gasteiger partial charge in [-0.3, -0.25) is 0 Å². The van der Waals surface area contributed by atoms with Crippen LogP contribution < -0.4 is 0 Å². The van der Waals surface area contributed by atoms with Gasteiger partial charge in [0.1, 0.15) is 10.8 Å². The monoisotopic (exact) mass is 113 g/mol. The first-order valence-electron chi connectivity index (χ1n) is 1.91. The smallest absolute Gasteiger partial charge is 0.139 e. The molecule has 0 saturated heterocycles. The third kappa shape index (κ3) is 0.962. The Morgan fingerprint density at radius 1 is 1.71 bits per heavy atom. The Morgan fingerprint density at radius 2 is 2.43 bits per heavy atom. The van der Waals surface area contributed by atoms with Gasteiger partial charge in [0.05, 0.1) is 0 Å². The number of aromatic nitrogens is 2. The maximum Gasteiger partial charge on any atom is 0.139 e. The molecule has 1 radical (unpaired) electrons. The van der Waals surface area contributed by atoms with Crippen molar-refractivity contribution < 1.29 is 0 Å². The zero-order valence-corrected chi connectivity index (χ0v) is 4.83. The zero-order valence-electron chi connectivity index (χ0n) is 4.01. The summed E-state index contributed by atoms with van der Waals surface area (Å²) in [7, 11) is 0. The molecule has 37 valence electrons. The highest BCUT2D eigenvalue weighted by atomic mass is 32.1. The molecule has 0 saturated carbocycles. The molecule has 0 bridgehead atoms. The number of aryl methyl sites for hydroxylation is 1. The molecule has 1 aromatic rings. The summed E-state index contributed by atoms with van der Waals surface area (Å²) in [5.41, 5.74) is 0. The van der Waals surface area contributed by atoms with Crippen molar-refractivity contribution in [2.75, 3.05) is 0 Å². The minimum Gasteiger partial charge on any atom is -0.225 e. The third-order valence-corrected chi connectivity index (χ3v) is 1.23. The maximum atomic E-state index is 3.91. The third-order valence-electron chi connectivity index (χ3n) is 0.570. The Labute approximate surface area is 46.4 Å². The largest absolute Gasteiger partial charge is 0.225 e. The van der Waals surface area contributed by atoms with E-state index in [4.69, 9.17) is 0 Å². The number of hydrogen-bond donors (Lipinski definition) is 0. The van der Waals surface area contributed by atoms with Crippen LogP contribution in [0.1, 0.15) is 10.8 Å². The summed E-state index contributed by atoms with van der Waals surface area (Å²) in [6.45, 7) is 5.44. The highest BCUT2D eigenvalue weighted by Crippen LogP contribution is 1.98. The average molecular weight is 113 g/mol. The van der Waals surface area contributed by atoms with E-state index in [2.05, 4.69) is 16.3 Å². The lowest BCUT2D eigenvalue weighted by atomic mass is 10.7. The fraction of sp³-hybridized carbons (Fsp3) is 0.250. The van der Waals surface area contributed by atoms with Gasteiger partial charge >= 0.3 is 0 Å². The van der Waals surface area contributed by atoms with E-state index in [1.165, 1.54) is 11.5 Å². The molecule has 1 aromatic heterocycles. The van der Waals surface area contributed by atoms with Gasteiger partial charge in [0.15, 0.2) is 0 Å². The molecule has 0 fully saturated rings. The predicted molar refractivity (Wildman–Crippen MR) is 29.1 cm³/mol. The van der Waals surface area contributed by atoms with Crippen LogP contribution in [-0.4, -0.2) is 9.36 Å². The first-order valence-corrected chi connectivity index (χ1v) is 2.68. The topological polar surface area (TPSA) is 25.8 Å². The summed E-state index contributed by atoms with van der Waals surface area (Å²) in [5.74, 6) is 0.815. The minimum atomic E-state index is 0.789. The molecule has 3 heteroatoms. The fourth-order valence-corrected chi connectivity index (χ4v) is 0.791. The molecule has 0 aliphatic carbocycles. The molecule has 2 nitrogen and oxygen atoms in total. The Morgan fingerprint density at radius 3 is 2.57 bits per heavy atom.